The molecule has 0 heterocycles. The highest BCUT2D eigenvalue weighted by atomic mass is 79.9. The van der Waals surface area contributed by atoms with Crippen LogP contribution < -0.4 is 0 Å². The first-order chi connectivity index (χ1) is 9.91. The van der Waals surface area contributed by atoms with Crippen molar-refractivity contribution in [3.8, 4) is 0 Å². The molecule has 2 unspecified atom stereocenters. The normalized spacial score (nSPS) is 21.9. The minimum Gasteiger partial charge on any atom is -0.339 e. The van der Waals surface area contributed by atoms with E-state index in [4.69, 9.17) is 0 Å². The van der Waals surface area contributed by atoms with E-state index >= 15 is 0 Å². The van der Waals surface area contributed by atoms with Crippen molar-refractivity contribution in [1.82, 2.24) is 4.90 Å². The lowest BCUT2D eigenvalue weighted by Gasteiger charge is -2.34. The minimum atomic E-state index is -0.483. The molecule has 0 aliphatic heterocycles. The molecule has 0 bridgehead atoms. The highest BCUT2D eigenvalue weighted by Gasteiger charge is 2.28. The SMILES string of the molecule is CC1CCCC(N(C)C(=O)c2cccc([N+](=O)[O-])c2Br)C1. The average Bonchev–Trinajstić information content (AvgIpc) is 2.45. The van der Waals surface area contributed by atoms with Gasteiger partial charge in [0.1, 0.15) is 4.47 Å². The van der Waals surface area contributed by atoms with Gasteiger partial charge in [0.2, 0.25) is 0 Å². The van der Waals surface area contributed by atoms with Crippen LogP contribution in [-0.4, -0.2) is 28.8 Å². The molecule has 0 radical (unpaired) electrons. The van der Waals surface area contributed by atoms with Crippen LogP contribution in [0, 0.1) is 16.0 Å². The molecular weight excluding hydrogens is 336 g/mol. The summed E-state index contributed by atoms with van der Waals surface area (Å²) in [6.07, 6.45) is 4.33. The number of amides is 1. The average molecular weight is 355 g/mol. The lowest BCUT2D eigenvalue weighted by Crippen LogP contribution is -2.40. The number of nitro benzene ring substituents is 1. The maximum Gasteiger partial charge on any atom is 0.284 e. The van der Waals surface area contributed by atoms with Crippen LogP contribution >= 0.6 is 15.9 Å². The molecule has 1 amide bonds. The predicted octanol–water partition coefficient (Wildman–Crippen LogP) is 4.01. The Morgan fingerprint density at radius 2 is 2.14 bits per heavy atom. The predicted molar refractivity (Wildman–Crippen MR) is 84.3 cm³/mol. The van der Waals surface area contributed by atoms with Gasteiger partial charge in [0.05, 0.1) is 10.5 Å². The van der Waals surface area contributed by atoms with Crippen LogP contribution in [0.1, 0.15) is 43.0 Å². The third-order valence-corrected chi connectivity index (χ3v) is 5.02. The number of nitrogens with zero attached hydrogens (tertiary/aromatic N) is 2. The van der Waals surface area contributed by atoms with Gasteiger partial charge in [-0.25, -0.2) is 0 Å². The maximum absolute atomic E-state index is 12.6. The van der Waals surface area contributed by atoms with Gasteiger partial charge >= 0.3 is 0 Å². The number of benzene rings is 1. The van der Waals surface area contributed by atoms with Gasteiger partial charge in [-0.05, 0) is 40.8 Å². The third-order valence-electron chi connectivity index (χ3n) is 4.18. The summed E-state index contributed by atoms with van der Waals surface area (Å²) in [6, 6.07) is 4.78. The van der Waals surface area contributed by atoms with Gasteiger partial charge in [-0.3, -0.25) is 14.9 Å². The molecule has 0 aromatic heterocycles. The van der Waals surface area contributed by atoms with Crippen molar-refractivity contribution in [2.24, 2.45) is 5.92 Å². The Balaban J connectivity index is 2.23. The molecule has 114 valence electrons. The van der Waals surface area contributed by atoms with E-state index in [1.807, 2.05) is 0 Å². The zero-order valence-electron chi connectivity index (χ0n) is 12.2. The van der Waals surface area contributed by atoms with Crippen LogP contribution in [0.15, 0.2) is 22.7 Å². The highest BCUT2D eigenvalue weighted by molar-refractivity contribution is 9.10. The zero-order chi connectivity index (χ0) is 15.6. The molecule has 1 aromatic carbocycles. The van der Waals surface area contributed by atoms with Crippen molar-refractivity contribution >= 4 is 27.5 Å². The lowest BCUT2D eigenvalue weighted by molar-refractivity contribution is -0.385. The molecule has 2 atom stereocenters. The van der Waals surface area contributed by atoms with E-state index in [2.05, 4.69) is 22.9 Å². The van der Waals surface area contributed by atoms with Gasteiger partial charge in [0.25, 0.3) is 11.6 Å². The number of halogens is 1. The van der Waals surface area contributed by atoms with Crippen LogP contribution in [0.2, 0.25) is 0 Å². The van der Waals surface area contributed by atoms with Gasteiger partial charge in [0, 0.05) is 19.2 Å². The topological polar surface area (TPSA) is 63.5 Å². The zero-order valence-corrected chi connectivity index (χ0v) is 13.8. The summed E-state index contributed by atoms with van der Waals surface area (Å²) >= 11 is 3.20. The van der Waals surface area contributed by atoms with E-state index in [1.54, 1.807) is 24.1 Å². The molecule has 1 aromatic rings. The summed E-state index contributed by atoms with van der Waals surface area (Å²) in [7, 11) is 1.79. The minimum absolute atomic E-state index is 0.0775. The quantitative estimate of drug-likeness (QED) is 0.608. The van der Waals surface area contributed by atoms with E-state index in [9.17, 15) is 14.9 Å². The molecule has 21 heavy (non-hydrogen) atoms. The molecule has 0 spiro atoms. The van der Waals surface area contributed by atoms with Gasteiger partial charge in [-0.2, -0.15) is 0 Å². The molecule has 1 fully saturated rings. The molecule has 6 heteroatoms. The van der Waals surface area contributed by atoms with Crippen molar-refractivity contribution in [2.75, 3.05) is 7.05 Å². The van der Waals surface area contributed by atoms with Crippen LogP contribution in [-0.2, 0) is 0 Å². The van der Waals surface area contributed by atoms with Gasteiger partial charge in [-0.15, -0.1) is 0 Å². The number of rotatable bonds is 3. The molecule has 1 saturated carbocycles. The number of carbonyl (C=O) groups is 1. The van der Waals surface area contributed by atoms with E-state index < -0.39 is 4.92 Å². The number of nitro groups is 1. The Kier molecular flexibility index (Phi) is 4.98. The number of hydrogen-bond donors (Lipinski definition) is 0. The first-order valence-corrected chi connectivity index (χ1v) is 7.91. The van der Waals surface area contributed by atoms with E-state index in [0.717, 1.165) is 19.3 Å². The molecule has 1 aliphatic rings. The largest absolute Gasteiger partial charge is 0.339 e. The lowest BCUT2D eigenvalue weighted by atomic mass is 9.86. The maximum atomic E-state index is 12.6. The van der Waals surface area contributed by atoms with Crippen molar-refractivity contribution in [3.63, 3.8) is 0 Å². The Labute approximate surface area is 132 Å². The summed E-state index contributed by atoms with van der Waals surface area (Å²) in [5.41, 5.74) is 0.274. The molecule has 0 saturated heterocycles. The van der Waals surface area contributed by atoms with Crippen LogP contribution in [0.4, 0.5) is 5.69 Å². The van der Waals surface area contributed by atoms with Crippen molar-refractivity contribution in [2.45, 2.75) is 38.6 Å². The molecule has 1 aliphatic carbocycles. The molecular formula is C15H19BrN2O3. The van der Waals surface area contributed by atoms with Gasteiger partial charge < -0.3 is 4.90 Å². The van der Waals surface area contributed by atoms with E-state index in [0.29, 0.717) is 11.5 Å². The summed E-state index contributed by atoms with van der Waals surface area (Å²) in [5.74, 6) is 0.456. The standard InChI is InChI=1S/C15H19BrN2O3/c1-10-5-3-6-11(9-10)17(2)15(19)12-7-4-8-13(14(12)16)18(20)21/h4,7-8,10-11H,3,5-6,9H2,1-2H3. The fourth-order valence-electron chi connectivity index (χ4n) is 2.94. The molecule has 0 N–H and O–H groups in total. The molecule has 2 rings (SSSR count). The van der Waals surface area contributed by atoms with Crippen LogP contribution in [0.3, 0.4) is 0 Å². The Bertz CT molecular complexity index is 562. The first kappa shape index (κ1) is 15.9. The van der Waals surface area contributed by atoms with Gasteiger partial charge in [0.15, 0.2) is 0 Å². The van der Waals surface area contributed by atoms with E-state index in [1.165, 1.54) is 12.5 Å². The van der Waals surface area contributed by atoms with Crippen molar-refractivity contribution in [3.05, 3.63) is 38.3 Å². The number of hydrogen-bond acceptors (Lipinski definition) is 3. The fraction of sp³-hybridized carbons (Fsp3) is 0.533. The monoisotopic (exact) mass is 354 g/mol. The smallest absolute Gasteiger partial charge is 0.284 e. The molecule has 5 nitrogen and oxygen atoms in total. The number of carbonyl (C=O) groups excluding carboxylic acids is 1. The third kappa shape index (κ3) is 3.43. The second kappa shape index (κ2) is 6.56. The second-order valence-electron chi connectivity index (χ2n) is 5.74. The summed E-state index contributed by atoms with van der Waals surface area (Å²) in [6.45, 7) is 2.20. The van der Waals surface area contributed by atoms with Crippen molar-refractivity contribution < 1.29 is 9.72 Å². The fourth-order valence-corrected chi connectivity index (χ4v) is 3.51. The summed E-state index contributed by atoms with van der Waals surface area (Å²) in [4.78, 5) is 24.8. The highest BCUT2D eigenvalue weighted by Crippen LogP contribution is 2.31. The van der Waals surface area contributed by atoms with Crippen LogP contribution in [0.5, 0.6) is 0 Å². The van der Waals surface area contributed by atoms with Crippen LogP contribution in [0.25, 0.3) is 0 Å². The summed E-state index contributed by atoms with van der Waals surface area (Å²) < 4.78 is 0.260. The Morgan fingerprint density at radius 1 is 1.43 bits per heavy atom. The Morgan fingerprint density at radius 3 is 2.76 bits per heavy atom. The van der Waals surface area contributed by atoms with E-state index in [-0.39, 0.29) is 22.1 Å². The first-order valence-electron chi connectivity index (χ1n) is 7.12. The van der Waals surface area contributed by atoms with Gasteiger partial charge in [-0.1, -0.05) is 25.8 Å². The summed E-state index contributed by atoms with van der Waals surface area (Å²) in [5, 5.41) is 11.0. The second-order valence-corrected chi connectivity index (χ2v) is 6.53. The van der Waals surface area contributed by atoms with Crippen molar-refractivity contribution in [1.29, 1.82) is 0 Å². The Hall–Kier alpha value is -1.43.